The molecule has 3 rings (SSSR count). The van der Waals surface area contributed by atoms with Crippen molar-refractivity contribution < 1.29 is 13.6 Å². The van der Waals surface area contributed by atoms with Gasteiger partial charge in [0, 0.05) is 21.7 Å². The van der Waals surface area contributed by atoms with Crippen LogP contribution >= 0.6 is 34.5 Å². The van der Waals surface area contributed by atoms with Gasteiger partial charge in [0.2, 0.25) is 0 Å². The smallest absolute Gasteiger partial charge is 0.279 e. The number of terminal acetylenes is 1. The van der Waals surface area contributed by atoms with Crippen LogP contribution in [-0.2, 0) is 6.54 Å². The molecule has 0 atom stereocenters. The second-order valence-corrected chi connectivity index (χ2v) is 6.87. The molecular formula is C17H8Cl2F2N2OS. The van der Waals surface area contributed by atoms with Crippen LogP contribution < -0.4 is 4.80 Å². The summed E-state index contributed by atoms with van der Waals surface area (Å²) in [6, 6.07) is 6.23. The molecular weight excluding hydrogens is 389 g/mol. The largest absolute Gasteiger partial charge is 0.302 e. The molecule has 8 heteroatoms. The number of carbonyl (C=O) groups excluding carboxylic acids is 1. The second kappa shape index (κ2) is 6.96. The summed E-state index contributed by atoms with van der Waals surface area (Å²) in [6.07, 6.45) is 5.32. The zero-order valence-corrected chi connectivity index (χ0v) is 14.7. The maximum atomic E-state index is 14.1. The van der Waals surface area contributed by atoms with Crippen molar-refractivity contribution in [1.82, 2.24) is 4.57 Å². The Morgan fingerprint density at radius 2 is 1.88 bits per heavy atom. The van der Waals surface area contributed by atoms with E-state index in [1.54, 1.807) is 0 Å². The maximum absolute atomic E-state index is 14.1. The lowest BCUT2D eigenvalue weighted by molar-refractivity contribution is 0.0998. The molecule has 0 unspecified atom stereocenters. The molecule has 0 saturated heterocycles. The molecule has 1 aromatic heterocycles. The number of rotatable bonds is 2. The van der Waals surface area contributed by atoms with E-state index in [-0.39, 0.29) is 32.5 Å². The van der Waals surface area contributed by atoms with Crippen LogP contribution in [0.5, 0.6) is 0 Å². The Hall–Kier alpha value is -2.20. The monoisotopic (exact) mass is 396 g/mol. The fourth-order valence-electron chi connectivity index (χ4n) is 2.28. The first-order valence-corrected chi connectivity index (χ1v) is 8.43. The highest BCUT2D eigenvalue weighted by atomic mass is 35.5. The lowest BCUT2D eigenvalue weighted by Crippen LogP contribution is -2.17. The Labute approximate surface area is 155 Å². The number of benzene rings is 2. The summed E-state index contributed by atoms with van der Waals surface area (Å²) in [6.45, 7) is -0.0228. The summed E-state index contributed by atoms with van der Waals surface area (Å²) in [4.78, 5) is 16.5. The Bertz CT molecular complexity index is 1090. The van der Waals surface area contributed by atoms with E-state index >= 15 is 0 Å². The van der Waals surface area contributed by atoms with Gasteiger partial charge in [0.15, 0.2) is 10.6 Å². The standard InChI is InChI=1S/C17H8Cl2F2N2OS/c1-2-3-23-15-13(21)7-12(20)8-14(15)25-17(23)22-16(24)9-4-10(18)6-11(19)5-9/h1,4-8H,3H2. The number of aromatic nitrogens is 1. The Kier molecular flexibility index (Phi) is 4.91. The van der Waals surface area contributed by atoms with Gasteiger partial charge in [0.25, 0.3) is 5.91 Å². The summed E-state index contributed by atoms with van der Waals surface area (Å²) in [5.41, 5.74) is 0.272. The van der Waals surface area contributed by atoms with Crippen LogP contribution in [-0.4, -0.2) is 10.5 Å². The van der Waals surface area contributed by atoms with E-state index in [4.69, 9.17) is 29.6 Å². The Balaban J connectivity index is 2.22. The van der Waals surface area contributed by atoms with Gasteiger partial charge in [-0.05, 0) is 24.3 Å². The summed E-state index contributed by atoms with van der Waals surface area (Å²) >= 11 is 12.7. The van der Waals surface area contributed by atoms with Crippen LogP contribution in [0.15, 0.2) is 35.3 Å². The van der Waals surface area contributed by atoms with Crippen LogP contribution in [0.1, 0.15) is 10.4 Å². The fraction of sp³-hybridized carbons (Fsp3) is 0.0588. The molecule has 0 radical (unpaired) electrons. The van der Waals surface area contributed by atoms with Crippen molar-refractivity contribution in [3.8, 4) is 12.3 Å². The molecule has 0 N–H and O–H groups in total. The third-order valence-electron chi connectivity index (χ3n) is 3.25. The molecule has 0 aliphatic heterocycles. The third-order valence-corrected chi connectivity index (χ3v) is 4.71. The van der Waals surface area contributed by atoms with Crippen LogP contribution in [0.4, 0.5) is 8.78 Å². The van der Waals surface area contributed by atoms with Crippen molar-refractivity contribution in [1.29, 1.82) is 0 Å². The molecule has 0 aliphatic carbocycles. The van der Waals surface area contributed by atoms with Gasteiger partial charge in [-0.3, -0.25) is 4.79 Å². The van der Waals surface area contributed by atoms with E-state index in [0.29, 0.717) is 4.70 Å². The highest BCUT2D eigenvalue weighted by Crippen LogP contribution is 2.23. The molecule has 0 bridgehead atoms. The van der Waals surface area contributed by atoms with Crippen molar-refractivity contribution >= 4 is 50.7 Å². The van der Waals surface area contributed by atoms with E-state index in [2.05, 4.69) is 10.9 Å². The van der Waals surface area contributed by atoms with Crippen molar-refractivity contribution in [3.63, 3.8) is 0 Å². The number of hydrogen-bond donors (Lipinski definition) is 0. The normalized spacial score (nSPS) is 11.7. The first-order valence-electron chi connectivity index (χ1n) is 6.86. The van der Waals surface area contributed by atoms with Gasteiger partial charge in [-0.15, -0.1) is 6.42 Å². The van der Waals surface area contributed by atoms with Gasteiger partial charge in [-0.25, -0.2) is 8.78 Å². The van der Waals surface area contributed by atoms with Crippen molar-refractivity contribution in [2.75, 3.05) is 0 Å². The van der Waals surface area contributed by atoms with Gasteiger partial charge >= 0.3 is 0 Å². The summed E-state index contributed by atoms with van der Waals surface area (Å²) in [7, 11) is 0. The number of nitrogens with zero attached hydrogens (tertiary/aromatic N) is 2. The molecule has 1 heterocycles. The van der Waals surface area contributed by atoms with Crippen molar-refractivity contribution in [2.45, 2.75) is 6.54 Å². The Morgan fingerprint density at radius 1 is 1.20 bits per heavy atom. The molecule has 3 nitrogen and oxygen atoms in total. The third kappa shape index (κ3) is 3.59. The average Bonchev–Trinajstić information content (AvgIpc) is 2.84. The zero-order chi connectivity index (χ0) is 18.1. The first kappa shape index (κ1) is 17.6. The molecule has 2 aromatic carbocycles. The van der Waals surface area contributed by atoms with Gasteiger partial charge in [0.1, 0.15) is 5.82 Å². The summed E-state index contributed by atoms with van der Waals surface area (Å²) in [5.74, 6) is 0.249. The van der Waals surface area contributed by atoms with E-state index in [9.17, 15) is 13.6 Å². The number of fused-ring (bicyclic) bond motifs is 1. The second-order valence-electron chi connectivity index (χ2n) is 4.98. The van der Waals surface area contributed by atoms with Gasteiger partial charge in [-0.2, -0.15) is 4.99 Å². The number of amides is 1. The lowest BCUT2D eigenvalue weighted by atomic mass is 10.2. The highest BCUT2D eigenvalue weighted by Gasteiger charge is 2.14. The van der Waals surface area contributed by atoms with Crippen LogP contribution in [0.25, 0.3) is 10.2 Å². The van der Waals surface area contributed by atoms with Crippen molar-refractivity contribution in [2.24, 2.45) is 4.99 Å². The minimum atomic E-state index is -0.777. The quantitative estimate of drug-likeness (QED) is 0.579. The molecule has 0 spiro atoms. The van der Waals surface area contributed by atoms with E-state index in [1.165, 1.54) is 22.8 Å². The molecule has 25 heavy (non-hydrogen) atoms. The predicted molar refractivity (Wildman–Crippen MR) is 94.9 cm³/mol. The van der Waals surface area contributed by atoms with E-state index in [1.807, 2.05) is 0 Å². The molecule has 0 fully saturated rings. The van der Waals surface area contributed by atoms with Crippen LogP contribution in [0.3, 0.4) is 0 Å². The number of thiazole rings is 1. The highest BCUT2D eigenvalue weighted by molar-refractivity contribution is 7.16. The Morgan fingerprint density at radius 3 is 2.52 bits per heavy atom. The minimum Gasteiger partial charge on any atom is -0.302 e. The molecule has 1 amide bonds. The molecule has 0 saturated carbocycles. The molecule has 3 aromatic rings. The van der Waals surface area contributed by atoms with Crippen molar-refractivity contribution in [3.05, 3.63) is 62.4 Å². The summed E-state index contributed by atoms with van der Waals surface area (Å²) in [5, 5.41) is 0.569. The number of carbonyl (C=O) groups is 1. The SMILES string of the molecule is C#CCn1c(=NC(=O)c2cc(Cl)cc(Cl)c2)sc2cc(F)cc(F)c21. The van der Waals surface area contributed by atoms with E-state index < -0.39 is 17.5 Å². The maximum Gasteiger partial charge on any atom is 0.279 e. The fourth-order valence-corrected chi connectivity index (χ4v) is 3.87. The topological polar surface area (TPSA) is 34.4 Å². The lowest BCUT2D eigenvalue weighted by Gasteiger charge is -2.01. The van der Waals surface area contributed by atoms with Gasteiger partial charge < -0.3 is 4.57 Å². The molecule has 126 valence electrons. The number of hydrogen-bond acceptors (Lipinski definition) is 2. The van der Waals surface area contributed by atoms with Gasteiger partial charge in [-0.1, -0.05) is 40.5 Å². The van der Waals surface area contributed by atoms with Crippen LogP contribution in [0.2, 0.25) is 10.0 Å². The average molecular weight is 397 g/mol. The van der Waals surface area contributed by atoms with Crippen LogP contribution in [0, 0.1) is 24.0 Å². The predicted octanol–water partition coefficient (Wildman–Crippen LogP) is 4.66. The minimum absolute atomic E-state index is 0.0228. The first-order chi connectivity index (χ1) is 11.9. The summed E-state index contributed by atoms with van der Waals surface area (Å²) < 4.78 is 29.2. The number of halogens is 4. The molecule has 0 aliphatic rings. The van der Waals surface area contributed by atoms with E-state index in [0.717, 1.165) is 23.5 Å². The van der Waals surface area contributed by atoms with Gasteiger partial charge in [0.05, 0.1) is 16.8 Å². The zero-order valence-electron chi connectivity index (χ0n) is 12.4.